The van der Waals surface area contributed by atoms with E-state index in [1.165, 1.54) is 18.5 Å². The molecule has 0 aliphatic rings. The summed E-state index contributed by atoms with van der Waals surface area (Å²) in [6.07, 6.45) is 2.84. The number of primary sulfonamides is 1. The molecule has 0 saturated carbocycles. The molecule has 1 rings (SSSR count). The van der Waals surface area contributed by atoms with Crippen molar-refractivity contribution in [3.05, 3.63) is 29.0 Å². The second-order valence-corrected chi connectivity index (χ2v) is 4.30. The number of aromatic nitrogens is 1. The molecule has 4 nitrogen and oxygen atoms in total. The summed E-state index contributed by atoms with van der Waals surface area (Å²) >= 11 is 5.65. The van der Waals surface area contributed by atoms with Crippen molar-refractivity contribution in [2.45, 2.75) is 5.75 Å². The first-order chi connectivity index (χ1) is 5.49. The van der Waals surface area contributed by atoms with Gasteiger partial charge in [-0.3, -0.25) is 4.98 Å². The molecule has 2 N–H and O–H groups in total. The molecule has 0 radical (unpaired) electrons. The summed E-state index contributed by atoms with van der Waals surface area (Å²) in [5.41, 5.74) is 0.467. The molecular weight excluding hydrogens is 200 g/mol. The fourth-order valence-electron chi connectivity index (χ4n) is 0.738. The van der Waals surface area contributed by atoms with Crippen LogP contribution in [0.25, 0.3) is 0 Å². The average molecular weight is 207 g/mol. The van der Waals surface area contributed by atoms with Gasteiger partial charge in [0.25, 0.3) is 0 Å². The Labute approximate surface area is 75.4 Å². The van der Waals surface area contributed by atoms with Gasteiger partial charge in [0.15, 0.2) is 0 Å². The van der Waals surface area contributed by atoms with Crippen molar-refractivity contribution in [3.8, 4) is 0 Å². The van der Waals surface area contributed by atoms with Crippen LogP contribution < -0.4 is 5.14 Å². The first-order valence-electron chi connectivity index (χ1n) is 3.08. The van der Waals surface area contributed by atoms with Gasteiger partial charge < -0.3 is 0 Å². The van der Waals surface area contributed by atoms with Gasteiger partial charge >= 0.3 is 0 Å². The second-order valence-electron chi connectivity index (χ2n) is 2.27. The molecule has 6 heteroatoms. The molecule has 1 heterocycles. The highest BCUT2D eigenvalue weighted by atomic mass is 35.5. The summed E-state index contributed by atoms with van der Waals surface area (Å²) < 4.78 is 21.3. The number of halogens is 1. The molecule has 0 aliphatic carbocycles. The average Bonchev–Trinajstić information content (AvgIpc) is 1.91. The largest absolute Gasteiger partial charge is 0.263 e. The minimum absolute atomic E-state index is 0.256. The molecule has 12 heavy (non-hydrogen) atoms. The van der Waals surface area contributed by atoms with Crippen LogP contribution in [0.1, 0.15) is 5.56 Å². The fraction of sp³-hybridized carbons (Fsp3) is 0.167. The molecule has 0 fully saturated rings. The molecular formula is C6H7ClN2O2S. The summed E-state index contributed by atoms with van der Waals surface area (Å²) in [7, 11) is -3.51. The van der Waals surface area contributed by atoms with E-state index in [2.05, 4.69) is 4.98 Å². The molecule has 0 aromatic carbocycles. The summed E-state index contributed by atoms with van der Waals surface area (Å²) in [4.78, 5) is 3.71. The zero-order chi connectivity index (χ0) is 9.19. The Balaban J connectivity index is 2.98. The third kappa shape index (κ3) is 2.77. The number of hydrogen-bond donors (Lipinski definition) is 1. The van der Waals surface area contributed by atoms with Gasteiger partial charge in [0.1, 0.15) is 0 Å². The standard InChI is InChI=1S/C6H7ClN2O2S/c7-6-3-9-2-1-5(6)4-12(8,10)11/h1-3H,4H2,(H2,8,10,11). The van der Waals surface area contributed by atoms with Crippen molar-refractivity contribution in [1.82, 2.24) is 4.98 Å². The van der Waals surface area contributed by atoms with E-state index in [1.807, 2.05) is 0 Å². The Morgan fingerprint density at radius 2 is 2.25 bits per heavy atom. The summed E-state index contributed by atoms with van der Waals surface area (Å²) in [6.45, 7) is 0. The Bertz CT molecular complexity index is 377. The van der Waals surface area contributed by atoms with Gasteiger partial charge in [0.2, 0.25) is 10.0 Å². The molecule has 66 valence electrons. The zero-order valence-corrected chi connectivity index (χ0v) is 7.64. The van der Waals surface area contributed by atoms with Crippen LogP contribution in [-0.4, -0.2) is 13.4 Å². The zero-order valence-electron chi connectivity index (χ0n) is 6.07. The van der Waals surface area contributed by atoms with Crippen LogP contribution in [0.4, 0.5) is 0 Å². The smallest absolute Gasteiger partial charge is 0.213 e. The highest BCUT2D eigenvalue weighted by Gasteiger charge is 2.07. The molecule has 1 aromatic rings. The lowest BCUT2D eigenvalue weighted by Gasteiger charge is -1.99. The Morgan fingerprint density at radius 3 is 2.75 bits per heavy atom. The Morgan fingerprint density at radius 1 is 1.58 bits per heavy atom. The lowest BCUT2D eigenvalue weighted by Crippen LogP contribution is -2.14. The van der Waals surface area contributed by atoms with E-state index < -0.39 is 10.0 Å². The van der Waals surface area contributed by atoms with Crippen LogP contribution >= 0.6 is 11.6 Å². The maximum absolute atomic E-state index is 10.7. The number of rotatable bonds is 2. The van der Waals surface area contributed by atoms with Gasteiger partial charge in [-0.25, -0.2) is 13.6 Å². The molecule has 0 saturated heterocycles. The number of nitrogens with two attached hydrogens (primary N) is 1. The predicted octanol–water partition coefficient (Wildman–Crippen LogP) is 0.523. The van der Waals surface area contributed by atoms with Gasteiger partial charge in [-0.15, -0.1) is 0 Å². The van der Waals surface area contributed by atoms with Crippen LogP contribution in [0.5, 0.6) is 0 Å². The molecule has 0 amide bonds. The lowest BCUT2D eigenvalue weighted by molar-refractivity contribution is 0.597. The third-order valence-corrected chi connectivity index (χ3v) is 2.27. The van der Waals surface area contributed by atoms with Gasteiger partial charge in [0, 0.05) is 12.4 Å². The first-order valence-corrected chi connectivity index (χ1v) is 5.17. The molecule has 0 aliphatic heterocycles. The molecule has 0 unspecified atom stereocenters. The summed E-state index contributed by atoms with van der Waals surface area (Å²) in [5.74, 6) is -0.256. The minimum Gasteiger partial charge on any atom is -0.263 e. The molecule has 0 bridgehead atoms. The van der Waals surface area contributed by atoms with Crippen molar-refractivity contribution in [2.75, 3.05) is 0 Å². The fourth-order valence-corrected chi connectivity index (χ4v) is 1.69. The van der Waals surface area contributed by atoms with Crippen LogP contribution in [0.2, 0.25) is 5.02 Å². The summed E-state index contributed by atoms with van der Waals surface area (Å²) in [5, 5.41) is 5.14. The van der Waals surface area contributed by atoms with E-state index in [0.717, 1.165) is 0 Å². The van der Waals surface area contributed by atoms with E-state index >= 15 is 0 Å². The monoisotopic (exact) mass is 206 g/mol. The predicted molar refractivity (Wildman–Crippen MR) is 46.1 cm³/mol. The Kier molecular flexibility index (Phi) is 2.66. The van der Waals surface area contributed by atoms with E-state index in [1.54, 1.807) is 0 Å². The summed E-state index contributed by atoms with van der Waals surface area (Å²) in [6, 6.07) is 1.52. The number of hydrogen-bond acceptors (Lipinski definition) is 3. The van der Waals surface area contributed by atoms with Crippen LogP contribution in [0.3, 0.4) is 0 Å². The highest BCUT2D eigenvalue weighted by Crippen LogP contribution is 2.14. The van der Waals surface area contributed by atoms with Crippen LogP contribution in [0.15, 0.2) is 18.5 Å². The third-order valence-electron chi connectivity index (χ3n) is 1.21. The van der Waals surface area contributed by atoms with Gasteiger partial charge in [-0.1, -0.05) is 11.6 Å². The van der Waals surface area contributed by atoms with Crippen LogP contribution in [-0.2, 0) is 15.8 Å². The van der Waals surface area contributed by atoms with Crippen molar-refractivity contribution in [1.29, 1.82) is 0 Å². The molecule has 1 aromatic heterocycles. The van der Waals surface area contributed by atoms with Gasteiger partial charge in [-0.05, 0) is 11.6 Å². The van der Waals surface area contributed by atoms with Gasteiger partial charge in [0.05, 0.1) is 10.8 Å². The Hall–Kier alpha value is -0.650. The van der Waals surface area contributed by atoms with E-state index in [9.17, 15) is 8.42 Å². The maximum Gasteiger partial charge on any atom is 0.213 e. The normalized spacial score (nSPS) is 11.5. The van der Waals surface area contributed by atoms with E-state index in [-0.39, 0.29) is 5.75 Å². The van der Waals surface area contributed by atoms with Crippen molar-refractivity contribution < 1.29 is 8.42 Å². The maximum atomic E-state index is 10.7. The van der Waals surface area contributed by atoms with Crippen molar-refractivity contribution in [2.24, 2.45) is 5.14 Å². The lowest BCUT2D eigenvalue weighted by atomic mass is 10.3. The first kappa shape index (κ1) is 9.44. The quantitative estimate of drug-likeness (QED) is 0.767. The van der Waals surface area contributed by atoms with E-state index in [4.69, 9.17) is 16.7 Å². The van der Waals surface area contributed by atoms with Crippen LogP contribution in [0, 0.1) is 0 Å². The number of nitrogens with zero attached hydrogens (tertiary/aromatic N) is 1. The molecule has 0 atom stereocenters. The topological polar surface area (TPSA) is 73.1 Å². The number of pyridine rings is 1. The molecule has 0 spiro atoms. The highest BCUT2D eigenvalue weighted by molar-refractivity contribution is 7.88. The minimum atomic E-state index is -3.51. The van der Waals surface area contributed by atoms with Crippen molar-refractivity contribution >= 4 is 21.6 Å². The van der Waals surface area contributed by atoms with Gasteiger partial charge in [-0.2, -0.15) is 0 Å². The van der Waals surface area contributed by atoms with E-state index in [0.29, 0.717) is 10.6 Å². The van der Waals surface area contributed by atoms with Crippen molar-refractivity contribution in [3.63, 3.8) is 0 Å². The second kappa shape index (κ2) is 3.38. The number of sulfonamides is 1. The SMILES string of the molecule is NS(=O)(=O)Cc1ccncc1Cl.